The average Bonchev–Trinajstić information content (AvgIpc) is 2.61. The number of nitrogens with two attached hydrogens (primary N) is 1. The second-order valence-electron chi connectivity index (χ2n) is 5.42. The monoisotopic (exact) mass is 410 g/mol. The van der Waals surface area contributed by atoms with Gasteiger partial charge in [-0.1, -0.05) is 6.07 Å². The highest BCUT2D eigenvalue weighted by Gasteiger charge is 2.30. The molecule has 0 radical (unpaired) electrons. The number of nitriles is 1. The minimum Gasteiger partial charge on any atom is -0.360 e. The first-order chi connectivity index (χ1) is 13.0. The third-order valence-electron chi connectivity index (χ3n) is 3.38. The third kappa shape index (κ3) is 5.57. The number of rotatable bonds is 5. The lowest BCUT2D eigenvalue weighted by atomic mass is 10.2. The van der Waals surface area contributed by atoms with E-state index >= 15 is 0 Å². The standard InChI is InChI=1S/C17H13F3N4O3S/c18-17(19,20)12-2-1-3-14(8-12)23-10-11(9-21)16(25)24-13-4-6-15(7-5-13)28(22,26)27/h1-8,10,23H,(H,24,25)(H2,22,26,27)/b11-10-. The molecule has 2 aromatic rings. The lowest BCUT2D eigenvalue weighted by Gasteiger charge is -2.09. The second-order valence-corrected chi connectivity index (χ2v) is 6.98. The van der Waals surface area contributed by atoms with Crippen LogP contribution in [0.1, 0.15) is 5.56 Å². The van der Waals surface area contributed by atoms with Crippen LogP contribution in [0.5, 0.6) is 0 Å². The summed E-state index contributed by atoms with van der Waals surface area (Å²) in [6.07, 6.45) is -3.57. The summed E-state index contributed by atoms with van der Waals surface area (Å²) >= 11 is 0. The first kappa shape index (κ1) is 20.9. The highest BCUT2D eigenvalue weighted by Crippen LogP contribution is 2.30. The van der Waals surface area contributed by atoms with Crippen LogP contribution in [0.2, 0.25) is 0 Å². The molecule has 0 aliphatic carbocycles. The molecule has 0 atom stereocenters. The topological polar surface area (TPSA) is 125 Å². The van der Waals surface area contributed by atoms with Crippen molar-refractivity contribution in [1.29, 1.82) is 5.26 Å². The summed E-state index contributed by atoms with van der Waals surface area (Å²) < 4.78 is 60.5. The van der Waals surface area contributed by atoms with Crippen LogP contribution in [-0.2, 0) is 21.0 Å². The van der Waals surface area contributed by atoms with Gasteiger partial charge in [-0.25, -0.2) is 13.6 Å². The van der Waals surface area contributed by atoms with Gasteiger partial charge in [0.25, 0.3) is 5.91 Å². The molecule has 2 rings (SSSR count). The lowest BCUT2D eigenvalue weighted by Crippen LogP contribution is -2.15. The fourth-order valence-electron chi connectivity index (χ4n) is 2.02. The van der Waals surface area contributed by atoms with E-state index in [1.165, 1.54) is 36.4 Å². The molecule has 7 nitrogen and oxygen atoms in total. The summed E-state index contributed by atoms with van der Waals surface area (Å²) in [7, 11) is -3.89. The van der Waals surface area contributed by atoms with Gasteiger partial charge in [0.1, 0.15) is 11.6 Å². The van der Waals surface area contributed by atoms with Gasteiger partial charge in [0.05, 0.1) is 10.5 Å². The molecule has 0 saturated carbocycles. The SMILES string of the molecule is N#C/C(=C/Nc1cccc(C(F)(F)F)c1)C(=O)Nc1ccc(S(N)(=O)=O)cc1. The van der Waals surface area contributed by atoms with Gasteiger partial charge >= 0.3 is 6.18 Å². The number of nitrogens with one attached hydrogen (secondary N) is 2. The van der Waals surface area contributed by atoms with E-state index in [-0.39, 0.29) is 16.3 Å². The van der Waals surface area contributed by atoms with Crippen molar-refractivity contribution < 1.29 is 26.4 Å². The van der Waals surface area contributed by atoms with Gasteiger partial charge in [0, 0.05) is 17.6 Å². The van der Waals surface area contributed by atoms with Gasteiger partial charge in [-0.2, -0.15) is 18.4 Å². The van der Waals surface area contributed by atoms with Gasteiger partial charge in [0.2, 0.25) is 10.0 Å². The molecule has 0 fully saturated rings. The molecule has 4 N–H and O–H groups in total. The van der Waals surface area contributed by atoms with Crippen LogP contribution in [0.4, 0.5) is 24.5 Å². The highest BCUT2D eigenvalue weighted by atomic mass is 32.2. The Morgan fingerprint density at radius 1 is 1.11 bits per heavy atom. The largest absolute Gasteiger partial charge is 0.416 e. The van der Waals surface area contributed by atoms with Gasteiger partial charge in [-0.15, -0.1) is 0 Å². The van der Waals surface area contributed by atoms with E-state index in [9.17, 15) is 26.4 Å². The number of alkyl halides is 3. The van der Waals surface area contributed by atoms with E-state index in [0.29, 0.717) is 0 Å². The van der Waals surface area contributed by atoms with E-state index in [1.54, 1.807) is 6.07 Å². The maximum atomic E-state index is 12.7. The molecule has 11 heteroatoms. The Morgan fingerprint density at radius 2 is 1.75 bits per heavy atom. The zero-order chi connectivity index (χ0) is 20.9. The summed E-state index contributed by atoms with van der Waals surface area (Å²) in [6, 6.07) is 10.7. The Balaban J connectivity index is 2.12. The predicted octanol–water partition coefficient (Wildman–Crippen LogP) is 2.81. The Kier molecular flexibility index (Phi) is 6.07. The van der Waals surface area contributed by atoms with E-state index in [4.69, 9.17) is 10.4 Å². The van der Waals surface area contributed by atoms with E-state index in [1.807, 2.05) is 0 Å². The number of nitrogens with zero attached hydrogens (tertiary/aromatic N) is 1. The first-order valence-electron chi connectivity index (χ1n) is 7.49. The molecule has 146 valence electrons. The molecule has 0 bridgehead atoms. The molecular formula is C17H13F3N4O3S. The number of benzene rings is 2. The van der Waals surface area contributed by atoms with Crippen molar-refractivity contribution >= 4 is 27.3 Å². The number of hydrogen-bond acceptors (Lipinski definition) is 5. The van der Waals surface area contributed by atoms with E-state index < -0.39 is 33.2 Å². The summed E-state index contributed by atoms with van der Waals surface area (Å²) in [5.41, 5.74) is -1.07. The normalized spacial score (nSPS) is 12.2. The highest BCUT2D eigenvalue weighted by molar-refractivity contribution is 7.89. The molecule has 0 heterocycles. The van der Waals surface area contributed by atoms with Gasteiger partial charge < -0.3 is 10.6 Å². The van der Waals surface area contributed by atoms with Gasteiger partial charge in [-0.05, 0) is 42.5 Å². The number of amides is 1. The van der Waals surface area contributed by atoms with E-state index in [0.717, 1.165) is 18.3 Å². The Hall–Kier alpha value is -3.36. The number of halogens is 3. The van der Waals surface area contributed by atoms with Crippen molar-refractivity contribution in [3.8, 4) is 6.07 Å². The van der Waals surface area contributed by atoms with Crippen molar-refractivity contribution in [3.63, 3.8) is 0 Å². The van der Waals surface area contributed by atoms with Crippen molar-refractivity contribution in [3.05, 3.63) is 65.9 Å². The van der Waals surface area contributed by atoms with E-state index in [2.05, 4.69) is 10.6 Å². The molecule has 28 heavy (non-hydrogen) atoms. The van der Waals surface area contributed by atoms with Crippen LogP contribution in [-0.4, -0.2) is 14.3 Å². The molecule has 1 amide bonds. The third-order valence-corrected chi connectivity index (χ3v) is 4.31. The summed E-state index contributed by atoms with van der Waals surface area (Å²) in [4.78, 5) is 11.9. The first-order valence-corrected chi connectivity index (χ1v) is 9.03. The fourth-order valence-corrected chi connectivity index (χ4v) is 2.53. The minimum absolute atomic E-state index is 0.0351. The summed E-state index contributed by atoms with van der Waals surface area (Å²) in [5, 5.41) is 18.9. The van der Waals surface area contributed by atoms with Crippen LogP contribution in [0.25, 0.3) is 0 Å². The number of primary sulfonamides is 1. The fraction of sp³-hybridized carbons (Fsp3) is 0.0588. The van der Waals surface area contributed by atoms with Gasteiger partial charge in [0.15, 0.2) is 0 Å². The zero-order valence-electron chi connectivity index (χ0n) is 14.0. The Labute approximate surface area is 158 Å². The number of hydrogen-bond donors (Lipinski definition) is 3. The zero-order valence-corrected chi connectivity index (χ0v) is 14.8. The number of anilines is 2. The van der Waals surface area contributed by atoms with Crippen molar-refractivity contribution in [2.75, 3.05) is 10.6 Å². The summed E-state index contributed by atoms with van der Waals surface area (Å²) in [5.74, 6) is -0.842. The Morgan fingerprint density at radius 3 is 2.29 bits per heavy atom. The quantitative estimate of drug-likeness (QED) is 0.516. The number of carbonyl (C=O) groups is 1. The van der Waals surface area contributed by atoms with Crippen LogP contribution in [0.15, 0.2) is 65.2 Å². The Bertz CT molecular complexity index is 1060. The number of sulfonamides is 1. The maximum absolute atomic E-state index is 12.7. The molecule has 0 aliphatic heterocycles. The van der Waals surface area contributed by atoms with Crippen LogP contribution in [0.3, 0.4) is 0 Å². The number of carbonyl (C=O) groups excluding carboxylic acids is 1. The van der Waals surface area contributed by atoms with Crippen LogP contribution in [0, 0.1) is 11.3 Å². The molecule has 2 aromatic carbocycles. The second kappa shape index (κ2) is 8.12. The van der Waals surface area contributed by atoms with Crippen molar-refractivity contribution in [2.24, 2.45) is 5.14 Å². The maximum Gasteiger partial charge on any atom is 0.416 e. The minimum atomic E-state index is -4.53. The molecule has 0 aromatic heterocycles. The average molecular weight is 410 g/mol. The summed E-state index contributed by atoms with van der Waals surface area (Å²) in [6.45, 7) is 0. The molecule has 0 spiro atoms. The molecule has 0 saturated heterocycles. The van der Waals surface area contributed by atoms with Gasteiger partial charge in [-0.3, -0.25) is 4.79 Å². The predicted molar refractivity (Wildman–Crippen MR) is 95.2 cm³/mol. The van der Waals surface area contributed by atoms with Crippen molar-refractivity contribution in [1.82, 2.24) is 0 Å². The molecular weight excluding hydrogens is 397 g/mol. The van der Waals surface area contributed by atoms with Crippen LogP contribution < -0.4 is 15.8 Å². The smallest absolute Gasteiger partial charge is 0.360 e. The van der Waals surface area contributed by atoms with Crippen LogP contribution >= 0.6 is 0 Å². The van der Waals surface area contributed by atoms with Crippen molar-refractivity contribution in [2.45, 2.75) is 11.1 Å². The molecule has 0 aliphatic rings. The molecule has 0 unspecified atom stereocenters. The lowest BCUT2D eigenvalue weighted by molar-refractivity contribution is -0.137.